The van der Waals surface area contributed by atoms with E-state index in [-0.39, 0.29) is 0 Å². The van der Waals surface area contributed by atoms with Crippen molar-refractivity contribution in [3.8, 4) is 0 Å². The fourth-order valence-corrected chi connectivity index (χ4v) is 3.44. The zero-order valence-electron chi connectivity index (χ0n) is 12.4. The van der Waals surface area contributed by atoms with Crippen molar-refractivity contribution in [3.63, 3.8) is 0 Å². The van der Waals surface area contributed by atoms with Gasteiger partial charge in [0.25, 0.3) is 0 Å². The van der Waals surface area contributed by atoms with E-state index >= 15 is 0 Å². The van der Waals surface area contributed by atoms with E-state index < -0.39 is 0 Å². The van der Waals surface area contributed by atoms with Crippen LogP contribution in [0.25, 0.3) is 0 Å². The molecule has 1 aromatic rings. The van der Waals surface area contributed by atoms with Crippen LogP contribution in [0.15, 0.2) is 18.2 Å². The first kappa shape index (κ1) is 14.2. The summed E-state index contributed by atoms with van der Waals surface area (Å²) in [7, 11) is 4.11. The summed E-state index contributed by atoms with van der Waals surface area (Å²) < 4.78 is 0. The SMILES string of the molecule is CN(C)c1ccc([C@@H](C2CC2)N2CCNCC2)c(Cl)c1. The van der Waals surface area contributed by atoms with Gasteiger partial charge in [-0.15, -0.1) is 0 Å². The zero-order chi connectivity index (χ0) is 14.1. The molecule has 1 heterocycles. The van der Waals surface area contributed by atoms with Crippen LogP contribution in [0.3, 0.4) is 0 Å². The first-order chi connectivity index (χ1) is 9.66. The van der Waals surface area contributed by atoms with Gasteiger partial charge >= 0.3 is 0 Å². The van der Waals surface area contributed by atoms with Gasteiger partial charge < -0.3 is 10.2 Å². The third-order valence-corrected chi connectivity index (χ3v) is 4.76. The summed E-state index contributed by atoms with van der Waals surface area (Å²) in [5.41, 5.74) is 2.50. The molecule has 1 aromatic carbocycles. The largest absolute Gasteiger partial charge is 0.378 e. The first-order valence-electron chi connectivity index (χ1n) is 7.58. The Hall–Kier alpha value is -0.770. The number of hydrogen-bond acceptors (Lipinski definition) is 3. The van der Waals surface area contributed by atoms with Gasteiger partial charge in [-0.25, -0.2) is 0 Å². The van der Waals surface area contributed by atoms with E-state index in [9.17, 15) is 0 Å². The molecule has 0 amide bonds. The van der Waals surface area contributed by atoms with Crippen molar-refractivity contribution in [3.05, 3.63) is 28.8 Å². The average molecular weight is 294 g/mol. The average Bonchev–Trinajstić information content (AvgIpc) is 3.26. The van der Waals surface area contributed by atoms with Gasteiger partial charge in [-0.2, -0.15) is 0 Å². The van der Waals surface area contributed by atoms with Gasteiger partial charge in [-0.05, 0) is 36.5 Å². The minimum Gasteiger partial charge on any atom is -0.378 e. The molecule has 2 fully saturated rings. The van der Waals surface area contributed by atoms with Gasteiger partial charge in [0.15, 0.2) is 0 Å². The van der Waals surface area contributed by atoms with Gasteiger partial charge in [0.1, 0.15) is 0 Å². The second-order valence-electron chi connectivity index (χ2n) is 6.17. The summed E-state index contributed by atoms with van der Waals surface area (Å²) in [5, 5.41) is 4.36. The topological polar surface area (TPSA) is 18.5 Å². The Balaban J connectivity index is 1.87. The van der Waals surface area contributed by atoms with Crippen LogP contribution < -0.4 is 10.2 Å². The monoisotopic (exact) mass is 293 g/mol. The lowest BCUT2D eigenvalue weighted by atomic mass is 9.99. The molecule has 1 aliphatic heterocycles. The molecule has 1 N–H and O–H groups in total. The molecule has 1 aliphatic carbocycles. The number of rotatable bonds is 4. The number of hydrogen-bond donors (Lipinski definition) is 1. The Morgan fingerprint density at radius 1 is 1.25 bits per heavy atom. The molecule has 0 bridgehead atoms. The van der Waals surface area contributed by atoms with Crippen molar-refractivity contribution in [2.24, 2.45) is 5.92 Å². The number of nitrogens with zero attached hydrogens (tertiary/aromatic N) is 2. The van der Waals surface area contributed by atoms with Gasteiger partial charge in [0, 0.05) is 57.0 Å². The Kier molecular flexibility index (Phi) is 4.20. The van der Waals surface area contributed by atoms with E-state index in [4.69, 9.17) is 11.6 Å². The highest BCUT2D eigenvalue weighted by Crippen LogP contribution is 2.46. The summed E-state index contributed by atoms with van der Waals surface area (Å²) in [6, 6.07) is 7.05. The van der Waals surface area contributed by atoms with Gasteiger partial charge in [0.05, 0.1) is 0 Å². The second kappa shape index (κ2) is 5.92. The van der Waals surface area contributed by atoms with E-state index in [0.29, 0.717) is 6.04 Å². The number of halogens is 1. The minimum atomic E-state index is 0.515. The molecule has 4 heteroatoms. The number of anilines is 1. The van der Waals surface area contributed by atoms with E-state index in [1.165, 1.54) is 24.1 Å². The molecule has 1 saturated heterocycles. The number of nitrogens with one attached hydrogen (secondary N) is 1. The second-order valence-corrected chi connectivity index (χ2v) is 6.58. The summed E-state index contributed by atoms with van der Waals surface area (Å²) >= 11 is 6.59. The van der Waals surface area contributed by atoms with Crippen LogP contribution in [-0.4, -0.2) is 45.2 Å². The molecule has 1 saturated carbocycles. The molecule has 0 radical (unpaired) electrons. The van der Waals surface area contributed by atoms with Crippen molar-refractivity contribution >= 4 is 17.3 Å². The molecular formula is C16H24ClN3. The van der Waals surface area contributed by atoms with Crippen molar-refractivity contribution in [2.45, 2.75) is 18.9 Å². The van der Waals surface area contributed by atoms with Gasteiger partial charge in [0.2, 0.25) is 0 Å². The summed E-state index contributed by atoms with van der Waals surface area (Å²) in [6.45, 7) is 4.45. The van der Waals surface area contributed by atoms with Crippen LogP contribution >= 0.6 is 11.6 Å². The number of benzene rings is 1. The predicted octanol–water partition coefficient (Wildman–Crippen LogP) is 2.76. The molecule has 2 aliphatic rings. The fourth-order valence-electron chi connectivity index (χ4n) is 3.16. The minimum absolute atomic E-state index is 0.515. The van der Waals surface area contributed by atoms with Crippen LogP contribution in [0.5, 0.6) is 0 Å². The highest BCUT2D eigenvalue weighted by Gasteiger charge is 2.37. The van der Waals surface area contributed by atoms with Crippen LogP contribution in [0, 0.1) is 5.92 Å². The predicted molar refractivity (Wildman–Crippen MR) is 85.7 cm³/mol. The Morgan fingerprint density at radius 3 is 2.50 bits per heavy atom. The van der Waals surface area contributed by atoms with Crippen LogP contribution in [-0.2, 0) is 0 Å². The fraction of sp³-hybridized carbons (Fsp3) is 0.625. The molecule has 20 heavy (non-hydrogen) atoms. The van der Waals surface area contributed by atoms with Crippen LogP contribution in [0.2, 0.25) is 5.02 Å². The Bertz CT molecular complexity index is 465. The Labute approximate surface area is 126 Å². The van der Waals surface area contributed by atoms with Crippen molar-refractivity contribution in [1.29, 1.82) is 0 Å². The molecule has 110 valence electrons. The van der Waals surface area contributed by atoms with E-state index in [2.05, 4.69) is 47.4 Å². The quantitative estimate of drug-likeness (QED) is 0.921. The third kappa shape index (κ3) is 2.95. The molecule has 3 rings (SSSR count). The highest BCUT2D eigenvalue weighted by molar-refractivity contribution is 6.31. The molecular weight excluding hydrogens is 270 g/mol. The lowest BCUT2D eigenvalue weighted by molar-refractivity contribution is 0.156. The van der Waals surface area contributed by atoms with E-state index in [1.54, 1.807) is 0 Å². The third-order valence-electron chi connectivity index (χ3n) is 4.43. The van der Waals surface area contributed by atoms with E-state index in [0.717, 1.165) is 37.1 Å². The lowest BCUT2D eigenvalue weighted by Crippen LogP contribution is -2.45. The van der Waals surface area contributed by atoms with E-state index in [1.807, 2.05) is 0 Å². The first-order valence-corrected chi connectivity index (χ1v) is 7.96. The molecule has 1 atom stereocenters. The summed E-state index contributed by atoms with van der Waals surface area (Å²) in [5.74, 6) is 0.802. The van der Waals surface area contributed by atoms with Crippen molar-refractivity contribution in [2.75, 3.05) is 45.2 Å². The molecule has 0 unspecified atom stereocenters. The maximum absolute atomic E-state index is 6.59. The van der Waals surface area contributed by atoms with Gasteiger partial charge in [-0.3, -0.25) is 4.90 Å². The smallest absolute Gasteiger partial charge is 0.0474 e. The normalized spacial score (nSPS) is 21.8. The zero-order valence-corrected chi connectivity index (χ0v) is 13.2. The summed E-state index contributed by atoms with van der Waals surface area (Å²) in [4.78, 5) is 4.72. The van der Waals surface area contributed by atoms with Crippen LogP contribution in [0.4, 0.5) is 5.69 Å². The standard InChI is InChI=1S/C16H24ClN3/c1-19(2)13-5-6-14(15(17)11-13)16(12-3-4-12)20-9-7-18-8-10-20/h5-6,11-12,16,18H,3-4,7-10H2,1-2H3/t16-/m1/s1. The van der Waals surface area contributed by atoms with Crippen LogP contribution in [0.1, 0.15) is 24.4 Å². The molecule has 0 spiro atoms. The maximum atomic E-state index is 6.59. The van der Waals surface area contributed by atoms with Crippen molar-refractivity contribution in [1.82, 2.24) is 10.2 Å². The van der Waals surface area contributed by atoms with Crippen molar-refractivity contribution < 1.29 is 0 Å². The highest BCUT2D eigenvalue weighted by atomic mass is 35.5. The molecule has 0 aromatic heterocycles. The lowest BCUT2D eigenvalue weighted by Gasteiger charge is -2.36. The molecule has 3 nitrogen and oxygen atoms in total. The maximum Gasteiger partial charge on any atom is 0.0474 e. The van der Waals surface area contributed by atoms with Gasteiger partial charge in [-0.1, -0.05) is 17.7 Å². The summed E-state index contributed by atoms with van der Waals surface area (Å²) in [6.07, 6.45) is 2.70. The number of piperazine rings is 1. The Morgan fingerprint density at radius 2 is 1.95 bits per heavy atom.